The predicted molar refractivity (Wildman–Crippen MR) is 66.3 cm³/mol. The minimum atomic E-state index is -0.537. The summed E-state index contributed by atoms with van der Waals surface area (Å²) in [6.45, 7) is 0.684. The number of hydrogen-bond donors (Lipinski definition) is 2. The molecule has 0 amide bonds. The first-order valence-electron chi connectivity index (χ1n) is 6.50. The lowest BCUT2D eigenvalue weighted by molar-refractivity contribution is 0.117. The van der Waals surface area contributed by atoms with Crippen molar-refractivity contribution >= 4 is 0 Å². The first kappa shape index (κ1) is 13.4. The minimum absolute atomic E-state index is 0.155. The zero-order chi connectivity index (χ0) is 13.0. The predicted octanol–water partition coefficient (Wildman–Crippen LogP) is 2.40. The van der Waals surface area contributed by atoms with Gasteiger partial charge in [-0.2, -0.15) is 0 Å². The monoisotopic (exact) mass is 255 g/mol. The van der Waals surface area contributed by atoms with Gasteiger partial charge in [-0.25, -0.2) is 8.78 Å². The van der Waals surface area contributed by atoms with Crippen LogP contribution in [0.15, 0.2) is 18.2 Å². The Balaban J connectivity index is 1.75. The second kappa shape index (κ2) is 6.25. The molecule has 1 aliphatic rings. The molecule has 1 aromatic rings. The second-order valence-electron chi connectivity index (χ2n) is 4.95. The zero-order valence-electron chi connectivity index (χ0n) is 10.3. The first-order chi connectivity index (χ1) is 8.65. The van der Waals surface area contributed by atoms with Crippen molar-refractivity contribution in [1.29, 1.82) is 0 Å². The van der Waals surface area contributed by atoms with Crippen LogP contribution in [0.1, 0.15) is 31.2 Å². The van der Waals surface area contributed by atoms with Gasteiger partial charge in [-0.3, -0.25) is 0 Å². The average molecular weight is 255 g/mol. The van der Waals surface area contributed by atoms with Crippen molar-refractivity contribution in [3.63, 3.8) is 0 Å². The van der Waals surface area contributed by atoms with Gasteiger partial charge in [0.2, 0.25) is 0 Å². The quantitative estimate of drug-likeness (QED) is 0.866. The van der Waals surface area contributed by atoms with Gasteiger partial charge in [-0.05, 0) is 50.3 Å². The van der Waals surface area contributed by atoms with Crippen LogP contribution >= 0.6 is 0 Å². The van der Waals surface area contributed by atoms with Gasteiger partial charge in [0.1, 0.15) is 11.6 Å². The summed E-state index contributed by atoms with van der Waals surface area (Å²) in [6.07, 6.45) is 4.01. The summed E-state index contributed by atoms with van der Waals surface area (Å²) in [4.78, 5) is 0. The Morgan fingerprint density at radius 2 is 1.89 bits per heavy atom. The molecule has 1 aliphatic carbocycles. The Morgan fingerprint density at radius 3 is 2.56 bits per heavy atom. The Labute approximate surface area is 106 Å². The smallest absolute Gasteiger partial charge is 0.129 e. The van der Waals surface area contributed by atoms with Crippen molar-refractivity contribution in [3.05, 3.63) is 35.4 Å². The fourth-order valence-electron chi connectivity index (χ4n) is 2.42. The van der Waals surface area contributed by atoms with E-state index in [2.05, 4.69) is 5.32 Å². The molecule has 18 heavy (non-hydrogen) atoms. The van der Waals surface area contributed by atoms with E-state index in [1.807, 2.05) is 0 Å². The summed E-state index contributed by atoms with van der Waals surface area (Å²) < 4.78 is 26.1. The fraction of sp³-hybridized carbons (Fsp3) is 0.571. The van der Waals surface area contributed by atoms with Gasteiger partial charge in [0.05, 0.1) is 6.10 Å². The number of aliphatic hydroxyl groups is 1. The molecule has 0 aromatic heterocycles. The molecule has 100 valence electrons. The van der Waals surface area contributed by atoms with Gasteiger partial charge >= 0.3 is 0 Å². The van der Waals surface area contributed by atoms with Crippen LogP contribution in [-0.4, -0.2) is 23.8 Å². The molecule has 0 unspecified atom stereocenters. The van der Waals surface area contributed by atoms with Crippen LogP contribution < -0.4 is 5.32 Å². The molecule has 0 saturated heterocycles. The molecular weight excluding hydrogens is 236 g/mol. The van der Waals surface area contributed by atoms with Crippen molar-refractivity contribution in [3.8, 4) is 0 Å². The number of benzene rings is 1. The van der Waals surface area contributed by atoms with Crippen LogP contribution in [0.4, 0.5) is 8.78 Å². The highest BCUT2D eigenvalue weighted by molar-refractivity contribution is 5.18. The number of rotatable bonds is 4. The maximum atomic E-state index is 13.4. The molecule has 0 heterocycles. The second-order valence-corrected chi connectivity index (χ2v) is 4.95. The Morgan fingerprint density at radius 1 is 1.17 bits per heavy atom. The van der Waals surface area contributed by atoms with E-state index < -0.39 is 11.6 Å². The molecule has 0 spiro atoms. The van der Waals surface area contributed by atoms with Gasteiger partial charge in [0.15, 0.2) is 0 Å². The summed E-state index contributed by atoms with van der Waals surface area (Å²) in [7, 11) is 0. The van der Waals surface area contributed by atoms with Crippen LogP contribution in [-0.2, 0) is 6.42 Å². The summed E-state index contributed by atoms with van der Waals surface area (Å²) in [5.74, 6) is -1.01. The lowest BCUT2D eigenvalue weighted by atomic mass is 9.93. The molecule has 0 atom stereocenters. The van der Waals surface area contributed by atoms with E-state index in [0.29, 0.717) is 24.6 Å². The molecule has 1 saturated carbocycles. The zero-order valence-corrected chi connectivity index (χ0v) is 10.3. The molecule has 2 N–H and O–H groups in total. The van der Waals surface area contributed by atoms with E-state index in [4.69, 9.17) is 0 Å². The third-order valence-corrected chi connectivity index (χ3v) is 3.54. The molecule has 0 aliphatic heterocycles. The van der Waals surface area contributed by atoms with Crippen molar-refractivity contribution < 1.29 is 13.9 Å². The lowest BCUT2D eigenvalue weighted by Gasteiger charge is -2.26. The summed E-state index contributed by atoms with van der Waals surface area (Å²) in [5, 5.41) is 12.7. The van der Waals surface area contributed by atoms with Crippen molar-refractivity contribution in [2.75, 3.05) is 6.54 Å². The van der Waals surface area contributed by atoms with E-state index >= 15 is 0 Å². The van der Waals surface area contributed by atoms with E-state index in [1.54, 1.807) is 0 Å². The fourth-order valence-corrected chi connectivity index (χ4v) is 2.42. The molecule has 1 fully saturated rings. The third-order valence-electron chi connectivity index (χ3n) is 3.54. The Hall–Kier alpha value is -1.00. The van der Waals surface area contributed by atoms with Gasteiger partial charge < -0.3 is 10.4 Å². The molecule has 1 aromatic carbocycles. The summed E-state index contributed by atoms with van der Waals surface area (Å²) in [5.41, 5.74) is 0.541. The van der Waals surface area contributed by atoms with Crippen LogP contribution in [0.5, 0.6) is 0 Å². The average Bonchev–Trinajstić information content (AvgIpc) is 2.34. The SMILES string of the molecule is OC1CCC(NCCc2ccc(F)cc2F)CC1. The normalized spacial score (nSPS) is 24.2. The first-order valence-corrected chi connectivity index (χ1v) is 6.50. The van der Waals surface area contributed by atoms with E-state index in [9.17, 15) is 13.9 Å². The standard InChI is InChI=1S/C14H19F2NO/c15-11-2-1-10(14(16)9-11)7-8-17-12-3-5-13(18)6-4-12/h1-2,9,12-13,17-18H,3-8H2. The number of hydrogen-bond acceptors (Lipinski definition) is 2. The third kappa shape index (κ3) is 3.75. The van der Waals surface area contributed by atoms with Crippen LogP contribution in [0, 0.1) is 11.6 Å². The topological polar surface area (TPSA) is 32.3 Å². The maximum Gasteiger partial charge on any atom is 0.129 e. The van der Waals surface area contributed by atoms with Gasteiger partial charge in [-0.15, -0.1) is 0 Å². The Bertz CT molecular complexity index is 389. The summed E-state index contributed by atoms with van der Waals surface area (Å²) >= 11 is 0. The molecule has 4 heteroatoms. The maximum absolute atomic E-state index is 13.4. The molecule has 0 bridgehead atoms. The van der Waals surface area contributed by atoms with Gasteiger partial charge in [0.25, 0.3) is 0 Å². The van der Waals surface area contributed by atoms with Crippen LogP contribution in [0.2, 0.25) is 0 Å². The largest absolute Gasteiger partial charge is 0.393 e. The van der Waals surface area contributed by atoms with Crippen LogP contribution in [0.25, 0.3) is 0 Å². The van der Waals surface area contributed by atoms with Crippen LogP contribution in [0.3, 0.4) is 0 Å². The summed E-state index contributed by atoms with van der Waals surface area (Å²) in [6, 6.07) is 4.12. The lowest BCUT2D eigenvalue weighted by Crippen LogP contribution is -2.35. The highest BCUT2D eigenvalue weighted by Crippen LogP contribution is 2.18. The minimum Gasteiger partial charge on any atom is -0.393 e. The van der Waals surface area contributed by atoms with Crippen molar-refractivity contribution in [2.45, 2.75) is 44.2 Å². The van der Waals surface area contributed by atoms with Crippen molar-refractivity contribution in [2.24, 2.45) is 0 Å². The molecule has 2 rings (SSSR count). The molecule has 2 nitrogen and oxygen atoms in total. The number of halogens is 2. The highest BCUT2D eigenvalue weighted by atomic mass is 19.1. The van der Waals surface area contributed by atoms with E-state index in [1.165, 1.54) is 12.1 Å². The van der Waals surface area contributed by atoms with E-state index in [-0.39, 0.29) is 6.10 Å². The molecule has 0 radical (unpaired) electrons. The highest BCUT2D eigenvalue weighted by Gasteiger charge is 2.18. The van der Waals surface area contributed by atoms with Crippen molar-refractivity contribution in [1.82, 2.24) is 5.32 Å². The van der Waals surface area contributed by atoms with E-state index in [0.717, 1.165) is 31.7 Å². The number of nitrogens with one attached hydrogen (secondary N) is 1. The van der Waals surface area contributed by atoms with Gasteiger partial charge in [0, 0.05) is 12.1 Å². The Kier molecular flexibility index (Phi) is 4.66. The van der Waals surface area contributed by atoms with Gasteiger partial charge in [-0.1, -0.05) is 6.07 Å². The molecular formula is C14H19F2NO. The number of aliphatic hydroxyl groups excluding tert-OH is 1.